The van der Waals surface area contributed by atoms with Crippen molar-refractivity contribution < 1.29 is 4.92 Å². The van der Waals surface area contributed by atoms with Gasteiger partial charge in [0.2, 0.25) is 0 Å². The Morgan fingerprint density at radius 3 is 2.56 bits per heavy atom. The minimum Gasteiger partial charge on any atom is -0.295 e. The Hall–Kier alpha value is -3.55. The first-order chi connectivity index (χ1) is 12.0. The second-order valence-electron chi connectivity index (χ2n) is 5.41. The van der Waals surface area contributed by atoms with Crippen LogP contribution in [0.3, 0.4) is 0 Å². The molecule has 2 heterocycles. The van der Waals surface area contributed by atoms with Crippen LogP contribution in [0.2, 0.25) is 0 Å². The first-order valence-electron chi connectivity index (χ1n) is 7.50. The quantitative estimate of drug-likeness (QED) is 0.449. The number of aryl methyl sites for hydroxylation is 1. The van der Waals surface area contributed by atoms with Gasteiger partial charge in [0.1, 0.15) is 0 Å². The van der Waals surface area contributed by atoms with E-state index in [9.17, 15) is 14.9 Å². The average Bonchev–Trinajstić information content (AvgIpc) is 2.90. The molecule has 1 aromatic carbocycles. The van der Waals surface area contributed by atoms with Gasteiger partial charge in [-0.1, -0.05) is 6.07 Å². The van der Waals surface area contributed by atoms with Crippen molar-refractivity contribution in [2.45, 2.75) is 13.8 Å². The van der Waals surface area contributed by atoms with Crippen molar-refractivity contribution >= 4 is 17.2 Å². The van der Waals surface area contributed by atoms with Crippen LogP contribution in [0, 0.1) is 17.0 Å². The number of nitro benzene ring substituents is 1. The molecule has 0 spiro atoms. The lowest BCUT2D eigenvalue weighted by Gasteiger charge is -2.00. The van der Waals surface area contributed by atoms with Gasteiger partial charge in [-0.2, -0.15) is 0 Å². The van der Waals surface area contributed by atoms with E-state index in [1.807, 2.05) is 6.07 Å². The summed E-state index contributed by atoms with van der Waals surface area (Å²) in [6.45, 7) is 3.52. The molecule has 0 aliphatic rings. The highest BCUT2D eigenvalue weighted by Gasteiger charge is 2.16. The van der Waals surface area contributed by atoms with E-state index in [2.05, 4.69) is 15.1 Å². The summed E-state index contributed by atoms with van der Waals surface area (Å²) >= 11 is 0. The molecule has 0 radical (unpaired) electrons. The van der Waals surface area contributed by atoms with E-state index in [1.54, 1.807) is 32.2 Å². The highest BCUT2D eigenvalue weighted by atomic mass is 16.6. The molecule has 0 unspecified atom stereocenters. The molecule has 8 nitrogen and oxygen atoms in total. The van der Waals surface area contributed by atoms with Crippen LogP contribution >= 0.6 is 0 Å². The number of aromatic nitrogens is 3. The molecule has 3 aromatic rings. The molecule has 0 aliphatic carbocycles. The first kappa shape index (κ1) is 16.3. The predicted molar refractivity (Wildman–Crippen MR) is 93.9 cm³/mol. The van der Waals surface area contributed by atoms with E-state index >= 15 is 0 Å². The van der Waals surface area contributed by atoms with Crippen LogP contribution in [0.1, 0.15) is 18.2 Å². The van der Waals surface area contributed by atoms with E-state index in [0.29, 0.717) is 28.5 Å². The van der Waals surface area contributed by atoms with E-state index in [4.69, 9.17) is 0 Å². The fraction of sp³-hybridized carbons (Fsp3) is 0.118. The number of nitro groups is 1. The summed E-state index contributed by atoms with van der Waals surface area (Å²) in [6.07, 6.45) is 1.63. The Morgan fingerprint density at radius 1 is 1.24 bits per heavy atom. The third-order valence-electron chi connectivity index (χ3n) is 3.68. The lowest BCUT2D eigenvalue weighted by molar-refractivity contribution is -0.384. The van der Waals surface area contributed by atoms with Gasteiger partial charge in [-0.25, -0.2) is 14.7 Å². The number of rotatable bonds is 4. The standard InChI is InChI=1S/C17H15N5O3/c1-11(19-15-5-3-4-10-18-15)16-12(2)20-21(17(16)23)13-6-8-14(9-7-13)22(24)25/h3-10,20H,1-2H3/b19-11+. The SMILES string of the molecule is C/C(=N\c1ccccn1)c1c(C)[nH]n(-c2ccc([N+](=O)[O-])cc2)c1=O. The second kappa shape index (κ2) is 6.52. The number of benzene rings is 1. The Kier molecular flexibility index (Phi) is 4.25. The fourth-order valence-electron chi connectivity index (χ4n) is 2.53. The zero-order chi connectivity index (χ0) is 18.0. The monoisotopic (exact) mass is 337 g/mol. The summed E-state index contributed by atoms with van der Waals surface area (Å²) in [5.41, 5.74) is 1.84. The van der Waals surface area contributed by atoms with Crippen LogP contribution < -0.4 is 5.56 Å². The van der Waals surface area contributed by atoms with Gasteiger partial charge in [-0.3, -0.25) is 20.0 Å². The van der Waals surface area contributed by atoms with E-state index < -0.39 is 4.92 Å². The molecule has 8 heteroatoms. The molecule has 3 rings (SSSR count). The van der Waals surface area contributed by atoms with Crippen molar-refractivity contribution in [3.63, 3.8) is 0 Å². The minimum atomic E-state index is -0.485. The lowest BCUT2D eigenvalue weighted by atomic mass is 10.2. The summed E-state index contributed by atoms with van der Waals surface area (Å²) in [7, 11) is 0. The maximum Gasteiger partial charge on any atom is 0.280 e. The van der Waals surface area contributed by atoms with Gasteiger partial charge in [0.05, 0.1) is 21.9 Å². The molecule has 0 amide bonds. The van der Waals surface area contributed by atoms with E-state index in [0.717, 1.165) is 0 Å². The third kappa shape index (κ3) is 3.23. The number of pyridine rings is 1. The van der Waals surface area contributed by atoms with Gasteiger partial charge in [-0.15, -0.1) is 0 Å². The average molecular weight is 337 g/mol. The Bertz CT molecular complexity index is 1000. The second-order valence-corrected chi connectivity index (χ2v) is 5.41. The van der Waals surface area contributed by atoms with Gasteiger partial charge in [0, 0.05) is 24.0 Å². The maximum absolute atomic E-state index is 12.7. The molecule has 1 N–H and O–H groups in total. The highest BCUT2D eigenvalue weighted by molar-refractivity contribution is 6.00. The van der Waals surface area contributed by atoms with Crippen molar-refractivity contribution in [3.8, 4) is 5.69 Å². The molecular formula is C17H15N5O3. The summed E-state index contributed by atoms with van der Waals surface area (Å²) in [6, 6.07) is 11.1. The third-order valence-corrected chi connectivity index (χ3v) is 3.68. The zero-order valence-electron chi connectivity index (χ0n) is 13.6. The van der Waals surface area contributed by atoms with Crippen molar-refractivity contribution in [3.05, 3.63) is 80.4 Å². The Morgan fingerprint density at radius 2 is 1.96 bits per heavy atom. The molecule has 0 bridgehead atoms. The number of non-ortho nitro benzene ring substituents is 1. The summed E-state index contributed by atoms with van der Waals surface area (Å²) in [5.74, 6) is 0.516. The largest absolute Gasteiger partial charge is 0.295 e. The van der Waals surface area contributed by atoms with Crippen molar-refractivity contribution in [2.75, 3.05) is 0 Å². The topological polar surface area (TPSA) is 106 Å². The molecule has 0 fully saturated rings. The number of nitrogens with one attached hydrogen (secondary N) is 1. The molecular weight excluding hydrogens is 322 g/mol. The molecule has 25 heavy (non-hydrogen) atoms. The first-order valence-corrected chi connectivity index (χ1v) is 7.50. The van der Waals surface area contributed by atoms with Gasteiger partial charge in [-0.05, 0) is 38.1 Å². The van der Waals surface area contributed by atoms with E-state index in [1.165, 1.54) is 28.9 Å². The summed E-state index contributed by atoms with van der Waals surface area (Å²) in [5, 5.41) is 13.7. The number of hydrogen-bond donors (Lipinski definition) is 1. The molecule has 0 saturated carbocycles. The number of aromatic amines is 1. The zero-order valence-corrected chi connectivity index (χ0v) is 13.6. The summed E-state index contributed by atoms with van der Waals surface area (Å²) in [4.78, 5) is 31.5. The van der Waals surface area contributed by atoms with Gasteiger partial charge in [0.15, 0.2) is 5.82 Å². The minimum absolute atomic E-state index is 0.0341. The molecule has 2 aromatic heterocycles. The smallest absolute Gasteiger partial charge is 0.280 e. The van der Waals surface area contributed by atoms with Crippen LogP contribution in [-0.2, 0) is 0 Å². The fourth-order valence-corrected chi connectivity index (χ4v) is 2.53. The molecule has 126 valence electrons. The normalized spacial score (nSPS) is 11.5. The van der Waals surface area contributed by atoms with Gasteiger partial charge < -0.3 is 0 Å². The van der Waals surface area contributed by atoms with Crippen LogP contribution in [-0.4, -0.2) is 25.4 Å². The Balaban J connectivity index is 2.03. The number of H-pyrrole nitrogens is 1. The van der Waals surface area contributed by atoms with Gasteiger partial charge >= 0.3 is 0 Å². The van der Waals surface area contributed by atoms with Crippen LogP contribution in [0.4, 0.5) is 11.5 Å². The summed E-state index contributed by atoms with van der Waals surface area (Å²) < 4.78 is 1.34. The maximum atomic E-state index is 12.7. The van der Waals surface area contributed by atoms with Crippen LogP contribution in [0.15, 0.2) is 58.4 Å². The number of nitrogens with zero attached hydrogens (tertiary/aromatic N) is 4. The van der Waals surface area contributed by atoms with Crippen molar-refractivity contribution in [2.24, 2.45) is 4.99 Å². The predicted octanol–water partition coefficient (Wildman–Crippen LogP) is 2.92. The van der Waals surface area contributed by atoms with Crippen LogP contribution in [0.5, 0.6) is 0 Å². The Labute approximate surface area is 142 Å². The van der Waals surface area contributed by atoms with E-state index in [-0.39, 0.29) is 11.2 Å². The number of hydrogen-bond acceptors (Lipinski definition) is 5. The lowest BCUT2D eigenvalue weighted by Crippen LogP contribution is -2.19. The van der Waals surface area contributed by atoms with Crippen LogP contribution in [0.25, 0.3) is 5.69 Å². The van der Waals surface area contributed by atoms with Crippen molar-refractivity contribution in [1.29, 1.82) is 0 Å². The van der Waals surface area contributed by atoms with Gasteiger partial charge in [0.25, 0.3) is 11.2 Å². The highest BCUT2D eigenvalue weighted by Crippen LogP contribution is 2.15. The molecule has 0 atom stereocenters. The van der Waals surface area contributed by atoms with Crippen molar-refractivity contribution in [1.82, 2.24) is 14.8 Å². The molecule has 0 aliphatic heterocycles. The molecule has 0 saturated heterocycles. The number of aliphatic imine (C=N–C) groups is 1.